The molecule has 0 aliphatic heterocycles. The third-order valence-corrected chi connectivity index (χ3v) is 4.42. The number of nitrogens with one attached hydrogen (secondary N) is 1. The Bertz CT molecular complexity index is 1060. The van der Waals surface area contributed by atoms with Gasteiger partial charge in [-0.3, -0.25) is 4.79 Å². The maximum absolute atomic E-state index is 14.3. The number of carbonyl (C=O) groups is 2. The van der Waals surface area contributed by atoms with Gasteiger partial charge < -0.3 is 10.1 Å². The molecule has 3 rings (SSSR count). The molecular formula is C23H20F2N2O4. The van der Waals surface area contributed by atoms with E-state index in [1.165, 1.54) is 18.2 Å². The highest BCUT2D eigenvalue weighted by atomic mass is 19.2. The van der Waals surface area contributed by atoms with Crippen LogP contribution in [0.5, 0.6) is 0 Å². The van der Waals surface area contributed by atoms with Crippen LogP contribution < -0.4 is 5.32 Å². The molecule has 0 bridgehead atoms. The summed E-state index contributed by atoms with van der Waals surface area (Å²) in [6.07, 6.45) is 0. The van der Waals surface area contributed by atoms with Gasteiger partial charge in [-0.05, 0) is 40.7 Å². The van der Waals surface area contributed by atoms with Crippen molar-refractivity contribution in [3.63, 3.8) is 0 Å². The molecule has 3 aromatic carbocycles. The van der Waals surface area contributed by atoms with Gasteiger partial charge in [0.05, 0.1) is 18.2 Å². The molecule has 0 atom stereocenters. The smallest absolute Gasteiger partial charge is 0.340 e. The van der Waals surface area contributed by atoms with E-state index in [0.29, 0.717) is 16.8 Å². The molecule has 160 valence electrons. The van der Waals surface area contributed by atoms with Gasteiger partial charge in [-0.25, -0.2) is 14.0 Å². The van der Waals surface area contributed by atoms with E-state index in [2.05, 4.69) is 10.1 Å². The van der Waals surface area contributed by atoms with Crippen molar-refractivity contribution in [2.45, 2.75) is 13.2 Å². The first-order valence-corrected chi connectivity index (χ1v) is 9.36. The number of esters is 1. The third-order valence-electron chi connectivity index (χ3n) is 4.42. The fraction of sp³-hybridized carbons (Fsp3) is 0.130. The van der Waals surface area contributed by atoms with Crippen LogP contribution in [0.15, 0.2) is 72.8 Å². The average Bonchev–Trinajstić information content (AvgIpc) is 2.81. The molecule has 0 aliphatic rings. The molecule has 0 saturated carbocycles. The number of hydroxylamine groups is 1. The van der Waals surface area contributed by atoms with Gasteiger partial charge >= 0.3 is 11.9 Å². The Labute approximate surface area is 177 Å². The molecule has 0 fully saturated rings. The summed E-state index contributed by atoms with van der Waals surface area (Å²) in [5, 5.41) is 2.69. The number of hydrogen-bond donors (Lipinski definition) is 1. The van der Waals surface area contributed by atoms with E-state index in [1.54, 1.807) is 42.5 Å². The summed E-state index contributed by atoms with van der Waals surface area (Å²) in [5.74, 6) is -2.47. The van der Waals surface area contributed by atoms with Crippen molar-refractivity contribution in [2.24, 2.45) is 0 Å². The number of halogens is 2. The second kappa shape index (κ2) is 10.3. The summed E-state index contributed by atoms with van der Waals surface area (Å²) in [7, 11) is 1.16. The van der Waals surface area contributed by atoms with Gasteiger partial charge in [-0.15, -0.1) is 0 Å². The Kier molecular flexibility index (Phi) is 7.29. The molecule has 0 aliphatic carbocycles. The van der Waals surface area contributed by atoms with Crippen molar-refractivity contribution in [1.82, 2.24) is 5.29 Å². The second-order valence-electron chi connectivity index (χ2n) is 6.51. The van der Waals surface area contributed by atoms with Crippen molar-refractivity contribution < 1.29 is 28.0 Å². The maximum atomic E-state index is 14.3. The number of rotatable bonds is 8. The molecule has 0 radical (unpaired) electrons. The van der Waals surface area contributed by atoms with Gasteiger partial charge in [0.2, 0.25) is 0 Å². The summed E-state index contributed by atoms with van der Waals surface area (Å²) in [5.41, 5.74) is 1.48. The van der Waals surface area contributed by atoms with Crippen molar-refractivity contribution in [3.05, 3.63) is 101 Å². The highest BCUT2D eigenvalue weighted by molar-refractivity contribution is 5.98. The Morgan fingerprint density at radius 3 is 2.39 bits per heavy atom. The van der Waals surface area contributed by atoms with Crippen LogP contribution in [0.1, 0.15) is 31.8 Å². The molecule has 0 aromatic heterocycles. The Hall–Kier alpha value is -3.78. The topological polar surface area (TPSA) is 67.9 Å². The number of nitrogens with zero attached hydrogens (tertiary/aromatic N) is 1. The number of benzene rings is 3. The molecule has 0 unspecified atom stereocenters. The number of amides is 1. The molecule has 8 heteroatoms. The first-order valence-electron chi connectivity index (χ1n) is 9.36. The average molecular weight is 426 g/mol. The van der Waals surface area contributed by atoms with Crippen molar-refractivity contribution in [2.75, 3.05) is 12.4 Å². The summed E-state index contributed by atoms with van der Waals surface area (Å²) in [4.78, 5) is 29.1. The first-order chi connectivity index (χ1) is 15.0. The number of para-hydroxylation sites is 1. The number of anilines is 1. The molecule has 6 nitrogen and oxygen atoms in total. The summed E-state index contributed by atoms with van der Waals surface area (Å²) in [6, 6.07) is 19.2. The van der Waals surface area contributed by atoms with Crippen molar-refractivity contribution >= 4 is 17.6 Å². The lowest BCUT2D eigenvalue weighted by molar-refractivity contribution is -0.244. The molecule has 0 saturated heterocycles. The van der Waals surface area contributed by atoms with Crippen molar-refractivity contribution in [3.8, 4) is 0 Å². The maximum Gasteiger partial charge on any atom is 0.340 e. The summed E-state index contributed by atoms with van der Waals surface area (Å²) >= 11 is 0. The second-order valence-corrected chi connectivity index (χ2v) is 6.51. The normalized spacial score (nSPS) is 10.4. The van der Waals surface area contributed by atoms with Gasteiger partial charge in [0.1, 0.15) is 12.4 Å². The molecule has 0 heterocycles. The van der Waals surface area contributed by atoms with Crippen LogP contribution in [0.2, 0.25) is 0 Å². The molecule has 0 spiro atoms. The Balaban J connectivity index is 1.69. The van der Waals surface area contributed by atoms with Gasteiger partial charge in [-0.2, -0.15) is 0 Å². The van der Waals surface area contributed by atoms with Crippen LogP contribution in [0, 0.1) is 5.82 Å². The van der Waals surface area contributed by atoms with E-state index in [9.17, 15) is 18.5 Å². The van der Waals surface area contributed by atoms with E-state index < -0.39 is 17.7 Å². The number of carbonyl (C=O) groups excluding carboxylic acids is 2. The van der Waals surface area contributed by atoms with E-state index in [-0.39, 0.29) is 29.6 Å². The minimum Gasteiger partial charge on any atom is -0.465 e. The molecular weight excluding hydrogens is 406 g/mol. The zero-order valence-electron chi connectivity index (χ0n) is 16.7. The minimum absolute atomic E-state index is 0.0494. The number of hydrogen-bond acceptors (Lipinski definition) is 5. The molecule has 1 N–H and O–H groups in total. The van der Waals surface area contributed by atoms with Gasteiger partial charge in [0.15, 0.2) is 0 Å². The highest BCUT2D eigenvalue weighted by Gasteiger charge is 2.20. The Morgan fingerprint density at radius 1 is 0.935 bits per heavy atom. The number of methoxy groups -OCH3 is 1. The van der Waals surface area contributed by atoms with Crippen LogP contribution in [0.3, 0.4) is 0 Å². The molecule has 3 aromatic rings. The molecule has 31 heavy (non-hydrogen) atoms. The quantitative estimate of drug-likeness (QED) is 0.322. The fourth-order valence-electron chi connectivity index (χ4n) is 2.83. The predicted molar refractivity (Wildman–Crippen MR) is 110 cm³/mol. The van der Waals surface area contributed by atoms with Crippen LogP contribution >= 0.6 is 0 Å². The zero-order chi connectivity index (χ0) is 22.2. The lowest BCUT2D eigenvalue weighted by Gasteiger charge is -2.15. The summed E-state index contributed by atoms with van der Waals surface area (Å²) in [6.45, 7) is 0.0519. The first kappa shape index (κ1) is 21.9. The Morgan fingerprint density at radius 2 is 1.65 bits per heavy atom. The highest BCUT2D eigenvalue weighted by Crippen LogP contribution is 2.20. The van der Waals surface area contributed by atoms with E-state index in [1.807, 2.05) is 6.07 Å². The monoisotopic (exact) mass is 426 g/mol. The zero-order valence-corrected chi connectivity index (χ0v) is 16.7. The van der Waals surface area contributed by atoms with E-state index in [4.69, 9.17) is 4.84 Å². The largest absolute Gasteiger partial charge is 0.465 e. The van der Waals surface area contributed by atoms with Crippen LogP contribution in [-0.4, -0.2) is 24.3 Å². The van der Waals surface area contributed by atoms with E-state index >= 15 is 0 Å². The lowest BCUT2D eigenvalue weighted by Crippen LogP contribution is -2.24. The summed E-state index contributed by atoms with van der Waals surface area (Å²) < 4.78 is 32.6. The SMILES string of the molecule is COC(=O)c1cc(CNc2ccccc2C(=O)N(F)OCc2ccccc2)ccc1F. The van der Waals surface area contributed by atoms with Crippen molar-refractivity contribution in [1.29, 1.82) is 0 Å². The molecule has 1 amide bonds. The van der Waals surface area contributed by atoms with Crippen LogP contribution in [0.4, 0.5) is 14.6 Å². The van der Waals surface area contributed by atoms with Gasteiger partial charge in [0.25, 0.3) is 0 Å². The standard InChI is InChI=1S/C23H20F2N2O4/c1-30-23(29)19-13-17(11-12-20(19)24)14-26-21-10-6-5-9-18(21)22(28)27(25)31-15-16-7-3-2-4-8-16/h2-13,26H,14-15H2,1H3. The van der Waals surface area contributed by atoms with Gasteiger partial charge in [-0.1, -0.05) is 53.0 Å². The lowest BCUT2D eigenvalue weighted by atomic mass is 10.1. The van der Waals surface area contributed by atoms with Crippen LogP contribution in [-0.2, 0) is 22.7 Å². The fourth-order valence-corrected chi connectivity index (χ4v) is 2.83. The number of ether oxygens (including phenoxy) is 1. The minimum atomic E-state index is -0.978. The van der Waals surface area contributed by atoms with E-state index in [0.717, 1.165) is 13.2 Å². The predicted octanol–water partition coefficient (Wildman–Crippen LogP) is 4.68. The van der Waals surface area contributed by atoms with Gasteiger partial charge in [0, 0.05) is 12.2 Å². The van der Waals surface area contributed by atoms with Crippen LogP contribution in [0.25, 0.3) is 0 Å². The third kappa shape index (κ3) is 5.64.